The van der Waals surface area contributed by atoms with Crippen LogP contribution in [0.4, 0.5) is 5.69 Å². The van der Waals surface area contributed by atoms with Crippen LogP contribution in [0.2, 0.25) is 0 Å². The van der Waals surface area contributed by atoms with Gasteiger partial charge in [-0.05, 0) is 48.7 Å². The van der Waals surface area contributed by atoms with E-state index in [0.29, 0.717) is 18.8 Å². The number of hydrogen-bond acceptors (Lipinski definition) is 3. The number of amides is 1. The first-order valence-corrected chi connectivity index (χ1v) is 10.2. The smallest absolute Gasteiger partial charge is 0.243 e. The maximum absolute atomic E-state index is 12.6. The second-order valence-corrected chi connectivity index (χ2v) is 8.20. The minimum Gasteiger partial charge on any atom is -0.326 e. The molecule has 1 amide bonds. The fourth-order valence-electron chi connectivity index (χ4n) is 2.75. The fourth-order valence-corrected chi connectivity index (χ4v) is 4.26. The van der Waals surface area contributed by atoms with Crippen molar-refractivity contribution in [2.75, 3.05) is 18.4 Å². The minimum absolute atomic E-state index is 0.175. The molecule has 0 aliphatic heterocycles. The maximum Gasteiger partial charge on any atom is 0.243 e. The molecule has 0 atom stereocenters. The van der Waals surface area contributed by atoms with Crippen LogP contribution in [0.3, 0.4) is 0 Å². The van der Waals surface area contributed by atoms with E-state index in [1.807, 2.05) is 32.0 Å². The highest BCUT2D eigenvalue weighted by atomic mass is 32.2. The molecule has 0 fully saturated rings. The maximum atomic E-state index is 12.6. The Labute approximate surface area is 156 Å². The lowest BCUT2D eigenvalue weighted by Crippen LogP contribution is -2.30. The molecule has 0 radical (unpaired) electrons. The third-order valence-corrected chi connectivity index (χ3v) is 6.44. The number of carbonyl (C=O) groups excluding carboxylic acids is 1. The average Bonchev–Trinajstić information content (AvgIpc) is 2.59. The number of hydrogen-bond donors (Lipinski definition) is 1. The van der Waals surface area contributed by atoms with Gasteiger partial charge in [-0.15, -0.1) is 0 Å². The predicted octanol–water partition coefficient (Wildman–Crippen LogP) is 3.52. The summed E-state index contributed by atoms with van der Waals surface area (Å²) in [4.78, 5) is 12.5. The summed E-state index contributed by atoms with van der Waals surface area (Å²) in [6.07, 6.45) is 0.244. The summed E-state index contributed by atoms with van der Waals surface area (Å²) in [6, 6.07) is 12.3. The highest BCUT2D eigenvalue weighted by Crippen LogP contribution is 2.20. The van der Waals surface area contributed by atoms with Crippen molar-refractivity contribution in [1.82, 2.24) is 4.31 Å². The first kappa shape index (κ1) is 20.1. The number of anilines is 1. The third-order valence-electron chi connectivity index (χ3n) is 4.40. The summed E-state index contributed by atoms with van der Waals surface area (Å²) in [6.45, 7) is 8.45. The molecule has 1 N–H and O–H groups in total. The Morgan fingerprint density at radius 2 is 1.69 bits per heavy atom. The van der Waals surface area contributed by atoms with Crippen molar-refractivity contribution in [2.45, 2.75) is 39.0 Å². The summed E-state index contributed by atoms with van der Waals surface area (Å²) in [5.74, 6) is -0.175. The van der Waals surface area contributed by atoms with E-state index < -0.39 is 10.0 Å². The molecule has 2 aromatic rings. The molecule has 0 bridgehead atoms. The van der Waals surface area contributed by atoms with Crippen LogP contribution >= 0.6 is 0 Å². The van der Waals surface area contributed by atoms with Gasteiger partial charge in [0.2, 0.25) is 15.9 Å². The van der Waals surface area contributed by atoms with Gasteiger partial charge in [-0.3, -0.25) is 4.79 Å². The molecule has 0 spiro atoms. The van der Waals surface area contributed by atoms with Crippen molar-refractivity contribution in [2.24, 2.45) is 0 Å². The zero-order valence-electron chi connectivity index (χ0n) is 15.7. The van der Waals surface area contributed by atoms with Crippen LogP contribution in [0.1, 0.15) is 30.5 Å². The average molecular weight is 375 g/mol. The van der Waals surface area contributed by atoms with Gasteiger partial charge in [-0.25, -0.2) is 8.42 Å². The molecule has 140 valence electrons. The molecule has 2 aromatic carbocycles. The molecule has 5 nitrogen and oxygen atoms in total. The largest absolute Gasteiger partial charge is 0.326 e. The molecule has 0 unspecified atom stereocenters. The summed E-state index contributed by atoms with van der Waals surface area (Å²) < 4.78 is 26.6. The quantitative estimate of drug-likeness (QED) is 0.806. The second kappa shape index (κ2) is 8.47. The molecule has 0 aromatic heterocycles. The van der Waals surface area contributed by atoms with E-state index in [4.69, 9.17) is 0 Å². The number of sulfonamides is 1. The summed E-state index contributed by atoms with van der Waals surface area (Å²) >= 11 is 0. The number of aryl methyl sites for hydroxylation is 2. The van der Waals surface area contributed by atoms with E-state index >= 15 is 0 Å². The van der Waals surface area contributed by atoms with Crippen molar-refractivity contribution >= 4 is 21.6 Å². The Balaban J connectivity index is 2.15. The molecule has 0 saturated carbocycles. The van der Waals surface area contributed by atoms with E-state index in [1.165, 1.54) is 15.9 Å². The van der Waals surface area contributed by atoms with E-state index in [1.54, 1.807) is 32.0 Å². The van der Waals surface area contributed by atoms with Gasteiger partial charge in [0.15, 0.2) is 0 Å². The van der Waals surface area contributed by atoms with Crippen LogP contribution in [0, 0.1) is 13.8 Å². The number of rotatable bonds is 7. The van der Waals surface area contributed by atoms with Gasteiger partial charge < -0.3 is 5.32 Å². The van der Waals surface area contributed by atoms with Crippen LogP contribution in [-0.2, 0) is 21.2 Å². The molecular formula is C20H26N2O3S. The predicted molar refractivity (Wildman–Crippen MR) is 105 cm³/mol. The first-order chi connectivity index (χ1) is 12.3. The molecule has 26 heavy (non-hydrogen) atoms. The van der Waals surface area contributed by atoms with Crippen molar-refractivity contribution in [3.63, 3.8) is 0 Å². The van der Waals surface area contributed by atoms with Gasteiger partial charge in [0.05, 0.1) is 11.3 Å². The SMILES string of the molecule is CCN(CC)S(=O)(=O)c1cccc(NC(=O)Cc2ccc(C)c(C)c2)c1. The van der Waals surface area contributed by atoms with E-state index in [0.717, 1.165) is 11.1 Å². The molecule has 6 heteroatoms. The van der Waals surface area contributed by atoms with Crippen molar-refractivity contribution in [1.29, 1.82) is 0 Å². The number of nitrogens with zero attached hydrogens (tertiary/aromatic N) is 1. The van der Waals surface area contributed by atoms with E-state index in [9.17, 15) is 13.2 Å². The topological polar surface area (TPSA) is 66.5 Å². The highest BCUT2D eigenvalue weighted by molar-refractivity contribution is 7.89. The number of nitrogens with one attached hydrogen (secondary N) is 1. The summed E-state index contributed by atoms with van der Waals surface area (Å²) in [5.41, 5.74) is 3.73. The molecule has 0 heterocycles. The molecule has 0 aliphatic rings. The molecule has 0 aliphatic carbocycles. The Bertz CT molecular complexity index is 888. The Hall–Kier alpha value is -2.18. The molecule has 0 saturated heterocycles. The van der Waals surface area contributed by atoms with Gasteiger partial charge in [0, 0.05) is 18.8 Å². The lowest BCUT2D eigenvalue weighted by Gasteiger charge is -2.18. The Morgan fingerprint density at radius 1 is 1.00 bits per heavy atom. The van der Waals surface area contributed by atoms with Crippen LogP contribution in [0.5, 0.6) is 0 Å². The third kappa shape index (κ3) is 4.71. The summed E-state index contributed by atoms with van der Waals surface area (Å²) in [5, 5.41) is 2.79. The van der Waals surface area contributed by atoms with Crippen molar-refractivity contribution in [3.8, 4) is 0 Å². The lowest BCUT2D eigenvalue weighted by molar-refractivity contribution is -0.115. The van der Waals surface area contributed by atoms with E-state index in [2.05, 4.69) is 5.32 Å². The van der Waals surface area contributed by atoms with Crippen LogP contribution in [0.15, 0.2) is 47.4 Å². The zero-order valence-corrected chi connectivity index (χ0v) is 16.6. The van der Waals surface area contributed by atoms with Gasteiger partial charge in [0.25, 0.3) is 0 Å². The van der Waals surface area contributed by atoms with E-state index in [-0.39, 0.29) is 17.2 Å². The Kier molecular flexibility index (Phi) is 6.56. The second-order valence-electron chi connectivity index (χ2n) is 6.26. The Morgan fingerprint density at radius 3 is 2.31 bits per heavy atom. The summed E-state index contributed by atoms with van der Waals surface area (Å²) in [7, 11) is -3.55. The van der Waals surface area contributed by atoms with Gasteiger partial charge in [-0.2, -0.15) is 4.31 Å². The van der Waals surface area contributed by atoms with Gasteiger partial charge in [-0.1, -0.05) is 38.1 Å². The minimum atomic E-state index is -3.55. The number of carbonyl (C=O) groups is 1. The van der Waals surface area contributed by atoms with Gasteiger partial charge in [0.1, 0.15) is 0 Å². The fraction of sp³-hybridized carbons (Fsp3) is 0.350. The van der Waals surface area contributed by atoms with Crippen LogP contribution in [-0.4, -0.2) is 31.7 Å². The standard InChI is InChI=1S/C20H26N2O3S/c1-5-22(6-2)26(24,25)19-9-7-8-18(14-19)21-20(23)13-17-11-10-15(3)16(4)12-17/h7-12,14H,5-6,13H2,1-4H3,(H,21,23). The highest BCUT2D eigenvalue weighted by Gasteiger charge is 2.21. The van der Waals surface area contributed by atoms with Crippen molar-refractivity contribution < 1.29 is 13.2 Å². The monoisotopic (exact) mass is 374 g/mol. The normalized spacial score (nSPS) is 11.6. The molecular weight excluding hydrogens is 348 g/mol. The van der Waals surface area contributed by atoms with Crippen LogP contribution in [0.25, 0.3) is 0 Å². The van der Waals surface area contributed by atoms with Crippen LogP contribution < -0.4 is 5.32 Å². The number of benzene rings is 2. The van der Waals surface area contributed by atoms with Crippen molar-refractivity contribution in [3.05, 3.63) is 59.2 Å². The molecule has 2 rings (SSSR count). The van der Waals surface area contributed by atoms with Gasteiger partial charge >= 0.3 is 0 Å². The first-order valence-electron chi connectivity index (χ1n) is 8.74. The lowest BCUT2D eigenvalue weighted by atomic mass is 10.0. The zero-order chi connectivity index (χ0) is 19.3.